The van der Waals surface area contributed by atoms with Crippen molar-refractivity contribution in [1.29, 1.82) is 0 Å². The number of hydrogen-bond donors (Lipinski definition) is 0. The summed E-state index contributed by atoms with van der Waals surface area (Å²) in [6, 6.07) is 3.86. The van der Waals surface area contributed by atoms with Crippen LogP contribution in [-0.4, -0.2) is 22.7 Å². The molecule has 3 rings (SSSR count). The zero-order valence-corrected chi connectivity index (χ0v) is 9.94. The summed E-state index contributed by atoms with van der Waals surface area (Å²) in [5.41, 5.74) is 0. The monoisotopic (exact) mass is 250 g/mol. The van der Waals surface area contributed by atoms with Crippen LogP contribution < -0.4 is 0 Å². The molecule has 5 nitrogen and oxygen atoms in total. The van der Waals surface area contributed by atoms with Crippen molar-refractivity contribution in [2.75, 3.05) is 6.61 Å². The molecule has 0 aliphatic carbocycles. The topological polar surface area (TPSA) is 65.2 Å². The fraction of sp³-hybridized carbons (Fsp3) is 0.364. The molecule has 1 aliphatic rings. The smallest absolute Gasteiger partial charge is 0.309 e. The van der Waals surface area contributed by atoms with E-state index in [1.807, 2.05) is 24.4 Å². The van der Waals surface area contributed by atoms with Gasteiger partial charge in [0.05, 0.1) is 16.7 Å². The number of nitrogens with zero attached hydrogens (tertiary/aromatic N) is 2. The molecule has 17 heavy (non-hydrogen) atoms. The fourth-order valence-corrected chi connectivity index (χ4v) is 2.44. The van der Waals surface area contributed by atoms with Gasteiger partial charge in [-0.25, -0.2) is 0 Å². The van der Waals surface area contributed by atoms with Crippen molar-refractivity contribution >= 4 is 17.3 Å². The highest BCUT2D eigenvalue weighted by atomic mass is 32.1. The van der Waals surface area contributed by atoms with Crippen LogP contribution in [0.1, 0.15) is 18.7 Å². The lowest BCUT2D eigenvalue weighted by molar-refractivity contribution is -0.140. The van der Waals surface area contributed by atoms with E-state index in [0.29, 0.717) is 18.3 Å². The van der Waals surface area contributed by atoms with Gasteiger partial charge in [-0.15, -0.1) is 11.3 Å². The van der Waals surface area contributed by atoms with E-state index in [2.05, 4.69) is 10.1 Å². The summed E-state index contributed by atoms with van der Waals surface area (Å²) < 4.78 is 10.2. The Labute approximate surface area is 101 Å². The molecule has 0 aromatic carbocycles. The first-order valence-corrected chi connectivity index (χ1v) is 6.18. The molecule has 0 amide bonds. The van der Waals surface area contributed by atoms with Gasteiger partial charge >= 0.3 is 5.97 Å². The van der Waals surface area contributed by atoms with Gasteiger partial charge in [0.1, 0.15) is 6.61 Å². The lowest BCUT2D eigenvalue weighted by Crippen LogP contribution is -2.10. The summed E-state index contributed by atoms with van der Waals surface area (Å²) >= 11 is 1.55. The first-order chi connectivity index (χ1) is 8.25. The van der Waals surface area contributed by atoms with Gasteiger partial charge in [-0.1, -0.05) is 18.1 Å². The molecule has 2 aromatic heterocycles. The summed E-state index contributed by atoms with van der Waals surface area (Å²) in [5.74, 6) is 0.509. The van der Waals surface area contributed by atoms with Crippen LogP contribution in [0, 0.1) is 5.92 Å². The lowest BCUT2D eigenvalue weighted by Gasteiger charge is -2.02. The molecule has 0 N–H and O–H groups in total. The van der Waals surface area contributed by atoms with E-state index in [1.54, 1.807) is 11.3 Å². The molecule has 3 heterocycles. The van der Waals surface area contributed by atoms with Crippen molar-refractivity contribution < 1.29 is 14.1 Å². The number of thiophene rings is 1. The third-order valence-corrected chi connectivity index (χ3v) is 3.75. The largest absolute Gasteiger partial charge is 0.465 e. The Balaban J connectivity index is 1.88. The number of carbonyl (C=O) groups excluding carboxylic acids is 1. The molecule has 88 valence electrons. The number of hydrogen-bond acceptors (Lipinski definition) is 6. The third-order valence-electron chi connectivity index (χ3n) is 2.88. The Morgan fingerprint density at radius 1 is 1.53 bits per heavy atom. The van der Waals surface area contributed by atoms with Crippen molar-refractivity contribution in [3.63, 3.8) is 0 Å². The molecule has 2 aromatic rings. The fourth-order valence-electron chi connectivity index (χ4n) is 1.79. The molecular weight excluding hydrogens is 240 g/mol. The quantitative estimate of drug-likeness (QED) is 0.763. The standard InChI is InChI=1S/C11H10N2O3S/c1-6-7(5-15-11(6)14)10-12-9(13-16-10)8-3-2-4-17-8/h2-4,6-7H,5H2,1H3/t6-,7+/m1/s1. The maximum atomic E-state index is 11.3. The van der Waals surface area contributed by atoms with E-state index in [-0.39, 0.29) is 17.8 Å². The number of cyclic esters (lactones) is 1. The highest BCUT2D eigenvalue weighted by Gasteiger charge is 2.38. The van der Waals surface area contributed by atoms with Gasteiger partial charge in [-0.05, 0) is 11.4 Å². The van der Waals surface area contributed by atoms with Crippen molar-refractivity contribution in [3.8, 4) is 10.7 Å². The van der Waals surface area contributed by atoms with E-state index >= 15 is 0 Å². The molecule has 1 saturated heterocycles. The van der Waals surface area contributed by atoms with Crippen LogP contribution >= 0.6 is 11.3 Å². The van der Waals surface area contributed by atoms with Gasteiger partial charge in [0.2, 0.25) is 11.7 Å². The zero-order chi connectivity index (χ0) is 11.8. The molecule has 0 spiro atoms. The normalized spacial score (nSPS) is 23.9. The second-order valence-electron chi connectivity index (χ2n) is 3.96. The zero-order valence-electron chi connectivity index (χ0n) is 9.12. The van der Waals surface area contributed by atoms with Gasteiger partial charge in [0.15, 0.2) is 0 Å². The summed E-state index contributed by atoms with van der Waals surface area (Å²) in [6.07, 6.45) is 0. The highest BCUT2D eigenvalue weighted by molar-refractivity contribution is 7.13. The first-order valence-electron chi connectivity index (χ1n) is 5.30. The van der Waals surface area contributed by atoms with E-state index in [0.717, 1.165) is 4.88 Å². The van der Waals surface area contributed by atoms with Crippen LogP contribution in [0.4, 0.5) is 0 Å². The highest BCUT2D eigenvalue weighted by Crippen LogP contribution is 2.32. The SMILES string of the molecule is C[C@H]1C(=O)OC[C@@H]1c1nc(-c2cccs2)no1. The molecular formula is C11H10N2O3S. The average Bonchev–Trinajstić information content (AvgIpc) is 3.01. The Morgan fingerprint density at radius 2 is 2.41 bits per heavy atom. The minimum atomic E-state index is -0.216. The molecule has 0 unspecified atom stereocenters. The number of esters is 1. The Morgan fingerprint density at radius 3 is 3.06 bits per heavy atom. The van der Waals surface area contributed by atoms with Crippen molar-refractivity contribution in [2.45, 2.75) is 12.8 Å². The maximum absolute atomic E-state index is 11.3. The number of ether oxygens (including phenoxy) is 1. The molecule has 0 radical (unpaired) electrons. The van der Waals surface area contributed by atoms with Crippen molar-refractivity contribution in [1.82, 2.24) is 10.1 Å². The summed E-state index contributed by atoms with van der Waals surface area (Å²) in [7, 11) is 0. The molecule has 0 bridgehead atoms. The van der Waals surface area contributed by atoms with E-state index < -0.39 is 0 Å². The predicted molar refractivity (Wildman–Crippen MR) is 60.5 cm³/mol. The van der Waals surface area contributed by atoms with Crippen LogP contribution in [0.25, 0.3) is 10.7 Å². The Bertz CT molecular complexity index is 535. The Hall–Kier alpha value is -1.69. The van der Waals surface area contributed by atoms with Crippen molar-refractivity contribution in [2.24, 2.45) is 5.92 Å². The Kier molecular flexibility index (Phi) is 2.44. The third kappa shape index (κ3) is 1.74. The van der Waals surface area contributed by atoms with Crippen LogP contribution in [0.15, 0.2) is 22.0 Å². The van der Waals surface area contributed by atoms with Gasteiger partial charge in [0, 0.05) is 0 Å². The minimum absolute atomic E-state index is 0.122. The van der Waals surface area contributed by atoms with Crippen LogP contribution in [-0.2, 0) is 9.53 Å². The number of aromatic nitrogens is 2. The summed E-state index contributed by atoms with van der Waals surface area (Å²) in [4.78, 5) is 16.6. The first kappa shape index (κ1) is 10.5. The molecule has 1 fully saturated rings. The number of carbonyl (C=O) groups is 1. The van der Waals surface area contributed by atoms with Crippen LogP contribution in [0.3, 0.4) is 0 Å². The summed E-state index contributed by atoms with van der Waals surface area (Å²) in [6.45, 7) is 2.14. The van der Waals surface area contributed by atoms with Crippen LogP contribution in [0.5, 0.6) is 0 Å². The molecule has 0 saturated carbocycles. The maximum Gasteiger partial charge on any atom is 0.309 e. The lowest BCUT2D eigenvalue weighted by atomic mass is 9.98. The minimum Gasteiger partial charge on any atom is -0.465 e. The average molecular weight is 250 g/mol. The molecule has 1 aliphatic heterocycles. The van der Waals surface area contributed by atoms with E-state index in [9.17, 15) is 4.79 Å². The van der Waals surface area contributed by atoms with Gasteiger partial charge in [-0.2, -0.15) is 4.98 Å². The van der Waals surface area contributed by atoms with Crippen molar-refractivity contribution in [3.05, 3.63) is 23.4 Å². The predicted octanol–water partition coefficient (Wildman–Crippen LogP) is 2.07. The van der Waals surface area contributed by atoms with Gasteiger partial charge in [0.25, 0.3) is 0 Å². The number of rotatable bonds is 2. The summed E-state index contributed by atoms with van der Waals surface area (Å²) in [5, 5.41) is 5.87. The second-order valence-corrected chi connectivity index (χ2v) is 4.91. The molecule has 2 atom stereocenters. The van der Waals surface area contributed by atoms with Gasteiger partial charge < -0.3 is 9.26 Å². The molecule has 6 heteroatoms. The van der Waals surface area contributed by atoms with Crippen LogP contribution in [0.2, 0.25) is 0 Å². The van der Waals surface area contributed by atoms with E-state index in [4.69, 9.17) is 9.26 Å². The second kappa shape index (κ2) is 3.96. The van der Waals surface area contributed by atoms with E-state index in [1.165, 1.54) is 0 Å². The van der Waals surface area contributed by atoms with Gasteiger partial charge in [-0.3, -0.25) is 4.79 Å².